The average molecular weight is 274 g/mol. The lowest BCUT2D eigenvalue weighted by molar-refractivity contribution is -0.142. The van der Waals surface area contributed by atoms with Crippen molar-refractivity contribution in [2.45, 2.75) is 45.1 Å². The Morgan fingerprint density at radius 2 is 1.84 bits per heavy atom. The molecule has 0 saturated heterocycles. The molecule has 4 N–H and O–H groups in total. The largest absolute Gasteiger partial charge is 0.480 e. The standard InChI is InChI=1S/C12H22N2O5/c1-9(16)13-7-4-2-3-5-11(17)14-10(6-8-15)12(18)19/h10,15H,2-8H2,1H3,(H,13,16)(H,14,17)(H,18,19)/t10-/m0/s1. The van der Waals surface area contributed by atoms with Crippen LogP contribution in [0.3, 0.4) is 0 Å². The fourth-order valence-electron chi connectivity index (χ4n) is 1.50. The molecule has 0 spiro atoms. The van der Waals surface area contributed by atoms with E-state index in [0.29, 0.717) is 13.0 Å². The predicted octanol–water partition coefficient (Wildman–Crippen LogP) is -0.365. The molecular formula is C12H22N2O5. The van der Waals surface area contributed by atoms with Gasteiger partial charge in [0.2, 0.25) is 11.8 Å². The minimum Gasteiger partial charge on any atom is -0.480 e. The third-order valence-electron chi connectivity index (χ3n) is 2.51. The SMILES string of the molecule is CC(=O)NCCCCCC(=O)N[C@@H](CCO)C(=O)O. The molecule has 7 nitrogen and oxygen atoms in total. The Morgan fingerprint density at radius 1 is 1.16 bits per heavy atom. The molecule has 7 heteroatoms. The number of nitrogens with one attached hydrogen (secondary N) is 2. The molecule has 0 bridgehead atoms. The molecule has 19 heavy (non-hydrogen) atoms. The van der Waals surface area contributed by atoms with Gasteiger partial charge in [0, 0.05) is 32.9 Å². The molecule has 0 aliphatic heterocycles. The zero-order chi connectivity index (χ0) is 14.7. The zero-order valence-electron chi connectivity index (χ0n) is 11.1. The van der Waals surface area contributed by atoms with E-state index in [4.69, 9.17) is 10.2 Å². The van der Waals surface area contributed by atoms with Crippen LogP contribution in [0.2, 0.25) is 0 Å². The van der Waals surface area contributed by atoms with Crippen LogP contribution in [0.15, 0.2) is 0 Å². The Bertz CT molecular complexity index is 306. The van der Waals surface area contributed by atoms with Gasteiger partial charge < -0.3 is 20.8 Å². The van der Waals surface area contributed by atoms with Crippen molar-refractivity contribution in [2.24, 2.45) is 0 Å². The second-order valence-electron chi connectivity index (χ2n) is 4.26. The summed E-state index contributed by atoms with van der Waals surface area (Å²) in [6.07, 6.45) is 2.45. The zero-order valence-corrected chi connectivity index (χ0v) is 11.1. The highest BCUT2D eigenvalue weighted by Gasteiger charge is 2.18. The summed E-state index contributed by atoms with van der Waals surface area (Å²) in [6.45, 7) is 1.74. The second-order valence-corrected chi connectivity index (χ2v) is 4.26. The Morgan fingerprint density at radius 3 is 2.37 bits per heavy atom. The van der Waals surface area contributed by atoms with Crippen LogP contribution < -0.4 is 10.6 Å². The number of aliphatic carboxylic acids is 1. The first-order valence-electron chi connectivity index (χ1n) is 6.34. The number of carbonyl (C=O) groups is 3. The highest BCUT2D eigenvalue weighted by atomic mass is 16.4. The van der Waals surface area contributed by atoms with Crippen molar-refractivity contribution in [3.8, 4) is 0 Å². The summed E-state index contributed by atoms with van der Waals surface area (Å²) in [5.74, 6) is -1.56. The van der Waals surface area contributed by atoms with Gasteiger partial charge in [-0.3, -0.25) is 9.59 Å². The van der Waals surface area contributed by atoms with E-state index in [1.807, 2.05) is 0 Å². The van der Waals surface area contributed by atoms with Crippen LogP contribution in [0.4, 0.5) is 0 Å². The first-order valence-corrected chi connectivity index (χ1v) is 6.34. The molecule has 0 aromatic carbocycles. The highest BCUT2D eigenvalue weighted by molar-refractivity contribution is 5.83. The van der Waals surface area contributed by atoms with Gasteiger partial charge in [0.05, 0.1) is 0 Å². The minimum absolute atomic E-state index is 0.00358. The van der Waals surface area contributed by atoms with E-state index in [-0.39, 0.29) is 31.3 Å². The molecule has 0 aliphatic rings. The minimum atomic E-state index is -1.15. The third kappa shape index (κ3) is 10.0. The first-order chi connectivity index (χ1) is 8.97. The number of carboxylic acids is 1. The average Bonchev–Trinajstić information content (AvgIpc) is 2.32. The number of hydrogen-bond donors (Lipinski definition) is 4. The number of rotatable bonds is 10. The summed E-state index contributed by atoms with van der Waals surface area (Å²) in [5, 5.41) is 22.5. The molecule has 0 aromatic rings. The summed E-state index contributed by atoms with van der Waals surface area (Å²) in [4.78, 5) is 32.8. The normalized spacial score (nSPS) is 11.7. The van der Waals surface area contributed by atoms with Crippen molar-refractivity contribution >= 4 is 17.8 Å². The van der Waals surface area contributed by atoms with Crippen LogP contribution in [0.1, 0.15) is 39.0 Å². The van der Waals surface area contributed by atoms with Crippen molar-refractivity contribution < 1.29 is 24.6 Å². The lowest BCUT2D eigenvalue weighted by Gasteiger charge is -2.13. The van der Waals surface area contributed by atoms with Crippen molar-refractivity contribution in [1.82, 2.24) is 10.6 Å². The molecule has 110 valence electrons. The van der Waals surface area contributed by atoms with Crippen molar-refractivity contribution in [3.05, 3.63) is 0 Å². The Balaban J connectivity index is 3.68. The van der Waals surface area contributed by atoms with Crippen molar-refractivity contribution in [3.63, 3.8) is 0 Å². The van der Waals surface area contributed by atoms with E-state index in [1.165, 1.54) is 6.92 Å². The summed E-state index contributed by atoms with van der Waals surface area (Å²) in [5.41, 5.74) is 0. The number of carbonyl (C=O) groups excluding carboxylic acids is 2. The molecular weight excluding hydrogens is 252 g/mol. The maximum Gasteiger partial charge on any atom is 0.326 e. The van der Waals surface area contributed by atoms with Crippen LogP contribution in [0.25, 0.3) is 0 Å². The molecule has 0 radical (unpaired) electrons. The van der Waals surface area contributed by atoms with E-state index >= 15 is 0 Å². The third-order valence-corrected chi connectivity index (χ3v) is 2.51. The first kappa shape index (κ1) is 17.4. The van der Waals surface area contributed by atoms with Crippen LogP contribution >= 0.6 is 0 Å². The number of amides is 2. The van der Waals surface area contributed by atoms with Gasteiger partial charge in [-0.1, -0.05) is 6.42 Å². The molecule has 0 rings (SSSR count). The van der Waals surface area contributed by atoms with Gasteiger partial charge in [-0.25, -0.2) is 4.79 Å². The number of aliphatic hydroxyl groups excluding tert-OH is 1. The topological polar surface area (TPSA) is 116 Å². The lowest BCUT2D eigenvalue weighted by atomic mass is 10.1. The highest BCUT2D eigenvalue weighted by Crippen LogP contribution is 2.00. The summed E-state index contributed by atoms with van der Waals surface area (Å²) in [6, 6.07) is -1.03. The molecule has 0 saturated carbocycles. The van der Waals surface area contributed by atoms with E-state index in [0.717, 1.165) is 12.8 Å². The van der Waals surface area contributed by atoms with Crippen LogP contribution in [-0.2, 0) is 14.4 Å². The van der Waals surface area contributed by atoms with Gasteiger partial charge in [-0.15, -0.1) is 0 Å². The number of unbranched alkanes of at least 4 members (excludes halogenated alkanes) is 2. The summed E-state index contributed by atoms with van der Waals surface area (Å²) >= 11 is 0. The van der Waals surface area contributed by atoms with E-state index in [2.05, 4.69) is 10.6 Å². The van der Waals surface area contributed by atoms with Crippen molar-refractivity contribution in [2.75, 3.05) is 13.2 Å². The van der Waals surface area contributed by atoms with Gasteiger partial charge in [-0.05, 0) is 12.8 Å². The number of hydrogen-bond acceptors (Lipinski definition) is 4. The molecule has 0 heterocycles. The predicted molar refractivity (Wildman–Crippen MR) is 68.4 cm³/mol. The van der Waals surface area contributed by atoms with Gasteiger partial charge >= 0.3 is 5.97 Å². The molecule has 2 amide bonds. The van der Waals surface area contributed by atoms with Gasteiger partial charge in [0.1, 0.15) is 6.04 Å². The van der Waals surface area contributed by atoms with Gasteiger partial charge in [0.25, 0.3) is 0 Å². The quantitative estimate of drug-likeness (QED) is 0.406. The fraction of sp³-hybridized carbons (Fsp3) is 0.750. The molecule has 1 atom stereocenters. The Labute approximate surface area is 112 Å². The maximum absolute atomic E-state index is 11.4. The molecule has 0 fully saturated rings. The van der Waals surface area contributed by atoms with Gasteiger partial charge in [-0.2, -0.15) is 0 Å². The van der Waals surface area contributed by atoms with Crippen LogP contribution in [0, 0.1) is 0 Å². The Kier molecular flexibility index (Phi) is 9.42. The maximum atomic E-state index is 11.4. The Hall–Kier alpha value is -1.63. The van der Waals surface area contributed by atoms with Crippen LogP contribution in [-0.4, -0.2) is 47.2 Å². The molecule has 0 unspecified atom stereocenters. The summed E-state index contributed by atoms with van der Waals surface area (Å²) in [7, 11) is 0. The second kappa shape index (κ2) is 10.3. The lowest BCUT2D eigenvalue weighted by Crippen LogP contribution is -2.41. The van der Waals surface area contributed by atoms with E-state index in [1.54, 1.807) is 0 Å². The smallest absolute Gasteiger partial charge is 0.326 e. The summed E-state index contributed by atoms with van der Waals surface area (Å²) < 4.78 is 0. The van der Waals surface area contributed by atoms with Crippen LogP contribution in [0.5, 0.6) is 0 Å². The monoisotopic (exact) mass is 274 g/mol. The molecule has 0 aliphatic carbocycles. The van der Waals surface area contributed by atoms with Crippen molar-refractivity contribution in [1.29, 1.82) is 0 Å². The molecule has 0 aromatic heterocycles. The van der Waals surface area contributed by atoms with Gasteiger partial charge in [0.15, 0.2) is 0 Å². The number of aliphatic hydroxyl groups is 1. The number of carboxylic acid groups (broad SMARTS) is 1. The fourth-order valence-corrected chi connectivity index (χ4v) is 1.50. The van der Waals surface area contributed by atoms with E-state index < -0.39 is 12.0 Å². The van der Waals surface area contributed by atoms with E-state index in [9.17, 15) is 14.4 Å².